The molecule has 0 aliphatic carbocycles. The van der Waals surface area contributed by atoms with Gasteiger partial charge in [0.05, 0.1) is 5.56 Å². The van der Waals surface area contributed by atoms with E-state index in [1.165, 1.54) is 0 Å². The van der Waals surface area contributed by atoms with Gasteiger partial charge in [-0.25, -0.2) is 0 Å². The SMILES string of the molecule is Cc1ccc(OCC(O)c2ccccc2)c(C=O)c1. The molecule has 0 saturated heterocycles. The number of benzene rings is 2. The highest BCUT2D eigenvalue weighted by Crippen LogP contribution is 2.20. The fourth-order valence-electron chi connectivity index (χ4n) is 1.83. The number of aliphatic hydroxyl groups excluding tert-OH is 1. The Morgan fingerprint density at radius 1 is 1.21 bits per heavy atom. The molecule has 0 aromatic heterocycles. The van der Waals surface area contributed by atoms with Crippen molar-refractivity contribution in [3.8, 4) is 5.75 Å². The van der Waals surface area contributed by atoms with Gasteiger partial charge in [-0.05, 0) is 24.6 Å². The lowest BCUT2D eigenvalue weighted by Gasteiger charge is -2.14. The van der Waals surface area contributed by atoms with Crippen LogP contribution in [0.2, 0.25) is 0 Å². The normalized spacial score (nSPS) is 11.9. The van der Waals surface area contributed by atoms with Crippen molar-refractivity contribution in [3.63, 3.8) is 0 Å². The highest BCUT2D eigenvalue weighted by molar-refractivity contribution is 5.79. The number of aryl methyl sites for hydroxylation is 1. The molecule has 3 nitrogen and oxygen atoms in total. The third-order valence-electron chi connectivity index (χ3n) is 2.87. The first-order valence-corrected chi connectivity index (χ1v) is 6.12. The number of hydrogen-bond acceptors (Lipinski definition) is 3. The van der Waals surface area contributed by atoms with Gasteiger partial charge in [0.1, 0.15) is 18.5 Å². The number of hydrogen-bond donors (Lipinski definition) is 1. The maximum absolute atomic E-state index is 11.0. The van der Waals surface area contributed by atoms with Gasteiger partial charge in [-0.2, -0.15) is 0 Å². The first kappa shape index (κ1) is 13.3. The molecule has 0 aliphatic rings. The van der Waals surface area contributed by atoms with Crippen LogP contribution in [0.1, 0.15) is 27.6 Å². The first-order chi connectivity index (χ1) is 9.20. The summed E-state index contributed by atoms with van der Waals surface area (Å²) in [7, 11) is 0. The van der Waals surface area contributed by atoms with Crippen molar-refractivity contribution in [2.45, 2.75) is 13.0 Å². The van der Waals surface area contributed by atoms with E-state index in [1.54, 1.807) is 12.1 Å². The molecule has 1 unspecified atom stereocenters. The zero-order valence-electron chi connectivity index (χ0n) is 10.7. The van der Waals surface area contributed by atoms with E-state index in [0.29, 0.717) is 11.3 Å². The van der Waals surface area contributed by atoms with Gasteiger partial charge in [0.2, 0.25) is 0 Å². The molecule has 1 N–H and O–H groups in total. The van der Waals surface area contributed by atoms with Crippen LogP contribution >= 0.6 is 0 Å². The van der Waals surface area contributed by atoms with Gasteiger partial charge in [-0.3, -0.25) is 4.79 Å². The fraction of sp³-hybridized carbons (Fsp3) is 0.188. The maximum Gasteiger partial charge on any atom is 0.153 e. The molecule has 0 aliphatic heterocycles. The zero-order chi connectivity index (χ0) is 13.7. The molecule has 19 heavy (non-hydrogen) atoms. The second-order valence-corrected chi connectivity index (χ2v) is 4.40. The molecule has 0 amide bonds. The van der Waals surface area contributed by atoms with Gasteiger partial charge in [0.15, 0.2) is 6.29 Å². The van der Waals surface area contributed by atoms with E-state index in [4.69, 9.17) is 4.74 Å². The summed E-state index contributed by atoms with van der Waals surface area (Å²) in [5.74, 6) is 0.496. The van der Waals surface area contributed by atoms with Crippen LogP contribution in [-0.4, -0.2) is 18.0 Å². The van der Waals surface area contributed by atoms with Gasteiger partial charge >= 0.3 is 0 Å². The molecule has 3 heteroatoms. The lowest BCUT2D eigenvalue weighted by atomic mass is 10.1. The Kier molecular flexibility index (Phi) is 4.31. The molecule has 2 aromatic rings. The third-order valence-corrected chi connectivity index (χ3v) is 2.87. The van der Waals surface area contributed by atoms with Crippen LogP contribution in [0, 0.1) is 6.92 Å². The minimum atomic E-state index is -0.706. The summed E-state index contributed by atoms with van der Waals surface area (Å²) in [4.78, 5) is 11.0. The smallest absolute Gasteiger partial charge is 0.153 e. The predicted molar refractivity (Wildman–Crippen MR) is 73.5 cm³/mol. The van der Waals surface area contributed by atoms with Crippen LogP contribution in [0.25, 0.3) is 0 Å². The summed E-state index contributed by atoms with van der Waals surface area (Å²) in [6.45, 7) is 2.03. The highest BCUT2D eigenvalue weighted by Gasteiger charge is 2.09. The first-order valence-electron chi connectivity index (χ1n) is 6.12. The van der Waals surface area contributed by atoms with E-state index in [0.717, 1.165) is 17.4 Å². The van der Waals surface area contributed by atoms with E-state index < -0.39 is 6.10 Å². The molecular weight excluding hydrogens is 240 g/mol. The Morgan fingerprint density at radius 3 is 2.63 bits per heavy atom. The Hall–Kier alpha value is -2.13. The average molecular weight is 256 g/mol. The van der Waals surface area contributed by atoms with E-state index >= 15 is 0 Å². The lowest BCUT2D eigenvalue weighted by Crippen LogP contribution is -2.10. The standard InChI is InChI=1S/C16H16O3/c1-12-7-8-16(14(9-12)10-17)19-11-15(18)13-5-3-2-4-6-13/h2-10,15,18H,11H2,1H3. The Morgan fingerprint density at radius 2 is 1.95 bits per heavy atom. The van der Waals surface area contributed by atoms with Crippen molar-refractivity contribution in [3.05, 3.63) is 65.2 Å². The van der Waals surface area contributed by atoms with Crippen molar-refractivity contribution >= 4 is 6.29 Å². The van der Waals surface area contributed by atoms with Crippen LogP contribution in [0.15, 0.2) is 48.5 Å². The molecule has 98 valence electrons. The molecule has 0 bridgehead atoms. The summed E-state index contributed by atoms with van der Waals surface area (Å²) < 4.78 is 5.52. The van der Waals surface area contributed by atoms with Crippen LogP contribution in [0.5, 0.6) is 5.75 Å². The van der Waals surface area contributed by atoms with Crippen LogP contribution in [0.4, 0.5) is 0 Å². The molecular formula is C16H16O3. The molecule has 2 rings (SSSR count). The van der Waals surface area contributed by atoms with Crippen molar-refractivity contribution in [1.82, 2.24) is 0 Å². The number of aliphatic hydroxyl groups is 1. The predicted octanol–water partition coefficient (Wildman–Crippen LogP) is 2.92. The second-order valence-electron chi connectivity index (χ2n) is 4.40. The van der Waals surface area contributed by atoms with Gasteiger partial charge in [0, 0.05) is 0 Å². The zero-order valence-corrected chi connectivity index (χ0v) is 10.7. The Balaban J connectivity index is 2.05. The van der Waals surface area contributed by atoms with Crippen LogP contribution in [0.3, 0.4) is 0 Å². The minimum absolute atomic E-state index is 0.119. The third kappa shape index (κ3) is 3.42. The number of carbonyl (C=O) groups excluding carboxylic acids is 1. The number of aldehydes is 1. The molecule has 0 fully saturated rings. The largest absolute Gasteiger partial charge is 0.490 e. The van der Waals surface area contributed by atoms with E-state index in [-0.39, 0.29) is 6.61 Å². The molecule has 0 heterocycles. The van der Waals surface area contributed by atoms with E-state index in [9.17, 15) is 9.90 Å². The van der Waals surface area contributed by atoms with Crippen molar-refractivity contribution in [1.29, 1.82) is 0 Å². The number of carbonyl (C=O) groups is 1. The average Bonchev–Trinajstić information content (AvgIpc) is 2.46. The summed E-state index contributed by atoms with van der Waals surface area (Å²) in [5.41, 5.74) is 2.29. The van der Waals surface area contributed by atoms with Crippen LogP contribution in [-0.2, 0) is 0 Å². The van der Waals surface area contributed by atoms with E-state index in [1.807, 2.05) is 43.3 Å². The van der Waals surface area contributed by atoms with Gasteiger partial charge in [-0.1, -0.05) is 42.0 Å². The fourth-order valence-corrected chi connectivity index (χ4v) is 1.83. The van der Waals surface area contributed by atoms with Gasteiger partial charge in [0.25, 0.3) is 0 Å². The highest BCUT2D eigenvalue weighted by atomic mass is 16.5. The van der Waals surface area contributed by atoms with Crippen molar-refractivity contribution in [2.75, 3.05) is 6.61 Å². The molecule has 2 aromatic carbocycles. The summed E-state index contributed by atoms with van der Waals surface area (Å²) in [6, 6.07) is 14.7. The molecule has 0 saturated carbocycles. The Labute approximate surface area is 112 Å². The summed E-state index contributed by atoms with van der Waals surface area (Å²) in [6.07, 6.45) is 0.0547. The number of ether oxygens (including phenoxy) is 1. The number of rotatable bonds is 5. The van der Waals surface area contributed by atoms with Crippen molar-refractivity contribution < 1.29 is 14.6 Å². The monoisotopic (exact) mass is 256 g/mol. The van der Waals surface area contributed by atoms with E-state index in [2.05, 4.69) is 0 Å². The molecule has 1 atom stereocenters. The van der Waals surface area contributed by atoms with Gasteiger partial charge < -0.3 is 9.84 Å². The van der Waals surface area contributed by atoms with Crippen molar-refractivity contribution in [2.24, 2.45) is 0 Å². The maximum atomic E-state index is 11.0. The van der Waals surface area contributed by atoms with Gasteiger partial charge in [-0.15, -0.1) is 0 Å². The summed E-state index contributed by atoms with van der Waals surface area (Å²) >= 11 is 0. The molecule has 0 radical (unpaired) electrons. The quantitative estimate of drug-likeness (QED) is 0.837. The minimum Gasteiger partial charge on any atom is -0.490 e. The summed E-state index contributed by atoms with van der Waals surface area (Å²) in [5, 5.41) is 9.99. The molecule has 0 spiro atoms. The lowest BCUT2D eigenvalue weighted by molar-refractivity contribution is 0.104. The van der Waals surface area contributed by atoms with Crippen LogP contribution < -0.4 is 4.74 Å². The Bertz CT molecular complexity index is 549. The second kappa shape index (κ2) is 6.16. The topological polar surface area (TPSA) is 46.5 Å².